The minimum atomic E-state index is -0.413. The summed E-state index contributed by atoms with van der Waals surface area (Å²) in [4.78, 5) is 35.4. The van der Waals surface area contributed by atoms with Crippen molar-refractivity contribution in [3.05, 3.63) is 46.5 Å². The fourth-order valence-corrected chi connectivity index (χ4v) is 8.09. The summed E-state index contributed by atoms with van der Waals surface area (Å²) >= 11 is 4.93. The summed E-state index contributed by atoms with van der Waals surface area (Å²) in [6.45, 7) is 4.82. The number of fused-ring (bicyclic) bond motifs is 2. The van der Waals surface area contributed by atoms with E-state index in [2.05, 4.69) is 46.4 Å². The van der Waals surface area contributed by atoms with Crippen LogP contribution in [0.5, 0.6) is 0 Å². The molecule has 1 N–H and O–H groups in total. The van der Waals surface area contributed by atoms with Crippen molar-refractivity contribution in [3.63, 3.8) is 0 Å². The fraction of sp³-hybridized carbons (Fsp3) is 0.476. The first kappa shape index (κ1) is 20.4. The number of anilines is 1. The zero-order valence-electron chi connectivity index (χ0n) is 16.8. The summed E-state index contributed by atoms with van der Waals surface area (Å²) < 4.78 is 0. The van der Waals surface area contributed by atoms with Gasteiger partial charge in [0.05, 0.1) is 16.3 Å². The standard InChI is InChI=1S/C21H24N4O2S3/c1-21-13-28-12-18(26)25(21)16(11-29-21)19(27)23-20-22-15-7-8-24(10-17(15)30-20)9-14-5-3-2-4-6-14/h2-6,16H,7-13H2,1H3,(H,22,23,27)/t16-,21-/m0/s1. The third kappa shape index (κ3) is 3.88. The number of benzene rings is 1. The molecule has 2 fully saturated rings. The number of hydrogen-bond acceptors (Lipinski definition) is 7. The molecule has 2 saturated heterocycles. The number of carbonyl (C=O) groups excluding carboxylic acids is 2. The number of rotatable bonds is 4. The second-order valence-corrected chi connectivity index (χ2v) is 11.7. The lowest BCUT2D eigenvalue weighted by Crippen LogP contribution is -2.56. The van der Waals surface area contributed by atoms with E-state index in [-0.39, 0.29) is 16.7 Å². The van der Waals surface area contributed by atoms with Gasteiger partial charge in [0.1, 0.15) is 6.04 Å². The van der Waals surface area contributed by atoms with Crippen LogP contribution in [0.15, 0.2) is 30.3 Å². The predicted molar refractivity (Wildman–Crippen MR) is 124 cm³/mol. The fourth-order valence-electron chi connectivity index (χ4n) is 4.34. The normalized spacial score (nSPS) is 26.4. The highest BCUT2D eigenvalue weighted by molar-refractivity contribution is 8.04. The average Bonchev–Trinajstić information content (AvgIpc) is 3.29. The Labute approximate surface area is 188 Å². The molecule has 0 saturated carbocycles. The summed E-state index contributed by atoms with van der Waals surface area (Å²) in [6.07, 6.45) is 0.897. The van der Waals surface area contributed by atoms with E-state index in [9.17, 15) is 9.59 Å². The van der Waals surface area contributed by atoms with E-state index in [1.807, 2.05) is 6.07 Å². The van der Waals surface area contributed by atoms with Crippen molar-refractivity contribution in [2.45, 2.75) is 37.3 Å². The van der Waals surface area contributed by atoms with Crippen LogP contribution < -0.4 is 5.32 Å². The van der Waals surface area contributed by atoms with Gasteiger partial charge in [-0.2, -0.15) is 0 Å². The molecular weight excluding hydrogens is 436 g/mol. The van der Waals surface area contributed by atoms with E-state index in [0.717, 1.165) is 37.5 Å². The third-order valence-corrected chi connectivity index (χ3v) is 9.67. The Bertz CT molecular complexity index is 966. The first-order valence-electron chi connectivity index (χ1n) is 10.1. The van der Waals surface area contributed by atoms with Crippen molar-refractivity contribution in [2.24, 2.45) is 0 Å². The minimum Gasteiger partial charge on any atom is -0.314 e. The van der Waals surface area contributed by atoms with Crippen LogP contribution in [0.25, 0.3) is 0 Å². The summed E-state index contributed by atoms with van der Waals surface area (Å²) in [5.74, 6) is 1.93. The number of nitrogens with zero attached hydrogens (tertiary/aromatic N) is 3. The molecule has 30 heavy (non-hydrogen) atoms. The third-order valence-electron chi connectivity index (χ3n) is 5.83. The van der Waals surface area contributed by atoms with Gasteiger partial charge in [-0.3, -0.25) is 14.5 Å². The molecule has 0 aliphatic carbocycles. The van der Waals surface area contributed by atoms with E-state index in [1.54, 1.807) is 39.8 Å². The molecule has 0 spiro atoms. The molecule has 158 valence electrons. The molecule has 3 aliphatic heterocycles. The molecule has 4 heterocycles. The SMILES string of the molecule is C[C@]12CSCC(=O)N1[C@H](C(=O)Nc1nc3c(s1)CN(Cc1ccccc1)CC3)CS2. The van der Waals surface area contributed by atoms with Crippen LogP contribution in [0, 0.1) is 0 Å². The van der Waals surface area contributed by atoms with Crippen LogP contribution in [0.3, 0.4) is 0 Å². The maximum absolute atomic E-state index is 13.0. The van der Waals surface area contributed by atoms with Crippen LogP contribution in [0.1, 0.15) is 23.1 Å². The molecule has 5 rings (SSSR count). The minimum absolute atomic E-state index is 0.0638. The molecule has 0 unspecified atom stereocenters. The van der Waals surface area contributed by atoms with Crippen LogP contribution in [0.2, 0.25) is 0 Å². The Morgan fingerprint density at radius 1 is 1.33 bits per heavy atom. The molecule has 2 atom stereocenters. The van der Waals surface area contributed by atoms with Gasteiger partial charge in [0.2, 0.25) is 11.8 Å². The van der Waals surface area contributed by atoms with Crippen molar-refractivity contribution in [1.82, 2.24) is 14.8 Å². The maximum atomic E-state index is 13.0. The first-order chi connectivity index (χ1) is 14.5. The molecule has 2 amide bonds. The molecule has 0 radical (unpaired) electrons. The van der Waals surface area contributed by atoms with E-state index in [0.29, 0.717) is 16.6 Å². The monoisotopic (exact) mass is 460 g/mol. The summed E-state index contributed by atoms with van der Waals surface area (Å²) in [5, 5.41) is 3.67. The van der Waals surface area contributed by atoms with Crippen molar-refractivity contribution < 1.29 is 9.59 Å². The number of hydrogen-bond donors (Lipinski definition) is 1. The topological polar surface area (TPSA) is 65.5 Å². The van der Waals surface area contributed by atoms with Crippen molar-refractivity contribution >= 4 is 51.8 Å². The Kier molecular flexibility index (Phi) is 5.55. The van der Waals surface area contributed by atoms with Gasteiger partial charge < -0.3 is 10.2 Å². The van der Waals surface area contributed by atoms with Crippen molar-refractivity contribution in [1.29, 1.82) is 0 Å². The number of aromatic nitrogens is 1. The maximum Gasteiger partial charge on any atom is 0.249 e. The smallest absolute Gasteiger partial charge is 0.249 e. The highest BCUT2D eigenvalue weighted by Gasteiger charge is 2.51. The van der Waals surface area contributed by atoms with Gasteiger partial charge in [-0.25, -0.2) is 4.98 Å². The van der Waals surface area contributed by atoms with E-state index in [4.69, 9.17) is 0 Å². The molecular formula is C21H24N4O2S3. The van der Waals surface area contributed by atoms with Gasteiger partial charge in [0.15, 0.2) is 5.13 Å². The quantitative estimate of drug-likeness (QED) is 0.757. The molecule has 1 aromatic carbocycles. The van der Waals surface area contributed by atoms with Crippen LogP contribution >= 0.6 is 34.9 Å². The molecule has 9 heteroatoms. The summed E-state index contributed by atoms with van der Waals surface area (Å²) in [6, 6.07) is 10.1. The summed E-state index contributed by atoms with van der Waals surface area (Å²) in [7, 11) is 0. The van der Waals surface area contributed by atoms with Gasteiger partial charge in [-0.1, -0.05) is 30.3 Å². The number of nitrogens with one attached hydrogen (secondary N) is 1. The van der Waals surface area contributed by atoms with E-state index < -0.39 is 6.04 Å². The lowest BCUT2D eigenvalue weighted by atomic mass is 10.1. The Hall–Kier alpha value is -1.55. The first-order valence-corrected chi connectivity index (χ1v) is 13.1. The predicted octanol–water partition coefficient (Wildman–Crippen LogP) is 3.05. The number of thiazole rings is 1. The van der Waals surface area contributed by atoms with Gasteiger partial charge in [-0.15, -0.1) is 34.9 Å². The van der Waals surface area contributed by atoms with Gasteiger partial charge >= 0.3 is 0 Å². The van der Waals surface area contributed by atoms with E-state index >= 15 is 0 Å². The Morgan fingerprint density at radius 3 is 3.00 bits per heavy atom. The molecule has 0 bridgehead atoms. The zero-order valence-corrected chi connectivity index (χ0v) is 19.2. The van der Waals surface area contributed by atoms with Gasteiger partial charge in [0, 0.05) is 42.4 Å². The number of thioether (sulfide) groups is 2. The van der Waals surface area contributed by atoms with Crippen molar-refractivity contribution in [2.75, 3.05) is 29.1 Å². The van der Waals surface area contributed by atoms with Crippen LogP contribution in [-0.4, -0.2) is 61.3 Å². The van der Waals surface area contributed by atoms with E-state index in [1.165, 1.54) is 10.4 Å². The molecule has 1 aromatic heterocycles. The largest absolute Gasteiger partial charge is 0.314 e. The molecule has 3 aliphatic rings. The summed E-state index contributed by atoms with van der Waals surface area (Å²) in [5.41, 5.74) is 2.40. The second-order valence-electron chi connectivity index (χ2n) is 8.08. The molecule has 2 aromatic rings. The average molecular weight is 461 g/mol. The lowest BCUT2D eigenvalue weighted by Gasteiger charge is -2.40. The lowest BCUT2D eigenvalue weighted by molar-refractivity contribution is -0.138. The van der Waals surface area contributed by atoms with Crippen LogP contribution in [0.4, 0.5) is 5.13 Å². The zero-order chi connectivity index (χ0) is 20.7. The Balaban J connectivity index is 1.25. The number of carbonyl (C=O) groups is 2. The Morgan fingerprint density at radius 2 is 2.17 bits per heavy atom. The second kappa shape index (κ2) is 8.18. The van der Waals surface area contributed by atoms with Crippen LogP contribution in [-0.2, 0) is 29.1 Å². The van der Waals surface area contributed by atoms with Gasteiger partial charge in [0.25, 0.3) is 0 Å². The molecule has 6 nitrogen and oxygen atoms in total. The highest BCUT2D eigenvalue weighted by atomic mass is 32.2. The van der Waals surface area contributed by atoms with Gasteiger partial charge in [-0.05, 0) is 12.5 Å². The number of amides is 2. The highest BCUT2D eigenvalue weighted by Crippen LogP contribution is 2.44. The van der Waals surface area contributed by atoms with Crippen molar-refractivity contribution in [3.8, 4) is 0 Å².